The predicted molar refractivity (Wildman–Crippen MR) is 112 cm³/mol. The molecule has 5 nitrogen and oxygen atoms in total. The average Bonchev–Trinajstić information content (AvgIpc) is 2.68. The van der Waals surface area contributed by atoms with Gasteiger partial charge in [0.2, 0.25) is 5.85 Å². The summed E-state index contributed by atoms with van der Waals surface area (Å²) in [5, 5.41) is 16.8. The van der Waals surface area contributed by atoms with E-state index in [-0.39, 0.29) is 6.07 Å². The molecule has 27 heavy (non-hydrogen) atoms. The molecule has 6 heteroatoms. The molecule has 0 aliphatic rings. The third kappa shape index (κ3) is 3.87. The maximum absolute atomic E-state index is 11.5. The van der Waals surface area contributed by atoms with Crippen molar-refractivity contribution in [1.82, 2.24) is 9.88 Å². The maximum Gasteiger partial charge on any atom is 0.222 e. The van der Waals surface area contributed by atoms with Gasteiger partial charge in [-0.25, -0.2) is 4.98 Å². The molecule has 0 fully saturated rings. The summed E-state index contributed by atoms with van der Waals surface area (Å²) in [5.41, 5.74) is 2.61. The van der Waals surface area contributed by atoms with E-state index in [0.29, 0.717) is 13.1 Å². The first-order valence-corrected chi connectivity index (χ1v) is 9.78. The summed E-state index contributed by atoms with van der Waals surface area (Å²) in [6.45, 7) is 7.12. The van der Waals surface area contributed by atoms with Crippen LogP contribution in [-0.2, 0) is 4.74 Å². The Bertz CT molecular complexity index is 916. The van der Waals surface area contributed by atoms with Crippen LogP contribution in [0.2, 0.25) is 0 Å². The standard InChI is InChI=1S/C21H26ClN3O2/c1-4-25(5-2)21(26,15(3)27-14-22)24-20-12-8-11-19-17(20)13-16-9-6-7-10-18(16)23-19/h6-13,15,24,26H,4-5,14H2,1-3H3. The van der Waals surface area contributed by atoms with E-state index in [2.05, 4.69) is 11.4 Å². The summed E-state index contributed by atoms with van der Waals surface area (Å²) in [6.07, 6.45) is -0.543. The second-order valence-corrected chi connectivity index (χ2v) is 6.71. The van der Waals surface area contributed by atoms with Crippen molar-refractivity contribution < 1.29 is 9.84 Å². The predicted octanol–water partition coefficient (Wildman–Crippen LogP) is 4.39. The van der Waals surface area contributed by atoms with Gasteiger partial charge in [-0.3, -0.25) is 4.90 Å². The van der Waals surface area contributed by atoms with Crippen molar-refractivity contribution >= 4 is 39.1 Å². The first-order valence-electron chi connectivity index (χ1n) is 9.25. The van der Waals surface area contributed by atoms with Crippen LogP contribution >= 0.6 is 11.6 Å². The number of halogens is 1. The largest absolute Gasteiger partial charge is 0.356 e. The van der Waals surface area contributed by atoms with E-state index in [1.54, 1.807) is 0 Å². The Morgan fingerprint density at radius 1 is 1.15 bits per heavy atom. The Morgan fingerprint density at radius 3 is 2.56 bits per heavy atom. The fourth-order valence-corrected chi connectivity index (χ4v) is 3.65. The zero-order valence-corrected chi connectivity index (χ0v) is 16.7. The van der Waals surface area contributed by atoms with Crippen LogP contribution in [0.4, 0.5) is 5.69 Å². The number of alkyl halides is 1. The van der Waals surface area contributed by atoms with Gasteiger partial charge >= 0.3 is 0 Å². The number of rotatable bonds is 8. The molecule has 3 aromatic rings. The number of nitrogens with zero attached hydrogens (tertiary/aromatic N) is 2. The van der Waals surface area contributed by atoms with Crippen molar-refractivity contribution in [3.05, 3.63) is 48.5 Å². The number of pyridine rings is 1. The van der Waals surface area contributed by atoms with Crippen LogP contribution in [0.3, 0.4) is 0 Å². The zero-order chi connectivity index (χ0) is 19.4. The molecule has 0 saturated heterocycles. The third-order valence-corrected chi connectivity index (χ3v) is 5.13. The van der Waals surface area contributed by atoms with E-state index < -0.39 is 12.0 Å². The van der Waals surface area contributed by atoms with Crippen molar-refractivity contribution in [2.24, 2.45) is 0 Å². The molecule has 2 unspecified atom stereocenters. The van der Waals surface area contributed by atoms with Crippen molar-refractivity contribution in [3.63, 3.8) is 0 Å². The molecule has 0 radical (unpaired) electrons. The summed E-state index contributed by atoms with van der Waals surface area (Å²) in [7, 11) is 0. The van der Waals surface area contributed by atoms with E-state index in [4.69, 9.17) is 21.3 Å². The number of ether oxygens (including phenoxy) is 1. The number of hydrogen-bond acceptors (Lipinski definition) is 5. The normalized spacial score (nSPS) is 15.2. The van der Waals surface area contributed by atoms with Crippen LogP contribution in [0.15, 0.2) is 48.5 Å². The lowest BCUT2D eigenvalue weighted by Crippen LogP contribution is -2.62. The molecular formula is C21H26ClN3O2. The van der Waals surface area contributed by atoms with Crippen LogP contribution in [0, 0.1) is 0 Å². The number of benzene rings is 2. The summed E-state index contributed by atoms with van der Waals surface area (Å²) in [5.74, 6) is -1.40. The average molecular weight is 388 g/mol. The van der Waals surface area contributed by atoms with Crippen LogP contribution in [0.5, 0.6) is 0 Å². The minimum absolute atomic E-state index is 0.00809. The molecule has 0 aliphatic carbocycles. The number of para-hydroxylation sites is 1. The molecular weight excluding hydrogens is 362 g/mol. The smallest absolute Gasteiger partial charge is 0.222 e. The molecule has 2 atom stereocenters. The number of aliphatic hydroxyl groups is 1. The van der Waals surface area contributed by atoms with Gasteiger partial charge in [0, 0.05) is 16.5 Å². The van der Waals surface area contributed by atoms with Gasteiger partial charge in [-0.15, -0.1) is 0 Å². The van der Waals surface area contributed by atoms with Crippen LogP contribution < -0.4 is 5.32 Å². The van der Waals surface area contributed by atoms with Gasteiger partial charge in [-0.1, -0.05) is 49.7 Å². The molecule has 0 aliphatic heterocycles. The topological polar surface area (TPSA) is 57.6 Å². The lowest BCUT2D eigenvalue weighted by Gasteiger charge is -2.43. The minimum Gasteiger partial charge on any atom is -0.356 e. The summed E-state index contributed by atoms with van der Waals surface area (Å²) in [4.78, 5) is 6.66. The molecule has 3 rings (SSSR count). The second-order valence-electron chi connectivity index (χ2n) is 6.49. The Hall–Kier alpha value is -1.92. The van der Waals surface area contributed by atoms with E-state index >= 15 is 0 Å². The molecule has 0 saturated carbocycles. The SMILES string of the molecule is CCN(CC)C(O)(Nc1cccc2nc3ccccc3cc12)C(C)OCCl. The monoisotopic (exact) mass is 387 g/mol. The molecule has 0 amide bonds. The zero-order valence-electron chi connectivity index (χ0n) is 15.9. The molecule has 1 aromatic heterocycles. The number of fused-ring (bicyclic) bond motifs is 2. The molecule has 2 N–H and O–H groups in total. The highest BCUT2D eigenvalue weighted by Gasteiger charge is 2.40. The molecule has 1 heterocycles. The van der Waals surface area contributed by atoms with Gasteiger partial charge < -0.3 is 15.2 Å². The summed E-state index contributed by atoms with van der Waals surface area (Å²) >= 11 is 5.77. The fraction of sp³-hybridized carbons (Fsp3) is 0.381. The Kier molecular flexibility index (Phi) is 6.17. The van der Waals surface area contributed by atoms with Crippen molar-refractivity contribution in [1.29, 1.82) is 0 Å². The Balaban J connectivity index is 2.10. The first-order chi connectivity index (χ1) is 13.0. The molecule has 0 bridgehead atoms. The van der Waals surface area contributed by atoms with E-state index in [9.17, 15) is 5.11 Å². The van der Waals surface area contributed by atoms with E-state index in [1.165, 1.54) is 0 Å². The van der Waals surface area contributed by atoms with Crippen LogP contribution in [-0.4, -0.2) is 46.1 Å². The first kappa shape index (κ1) is 19.8. The van der Waals surface area contributed by atoms with Gasteiger partial charge in [-0.2, -0.15) is 0 Å². The second kappa shape index (κ2) is 8.40. The van der Waals surface area contributed by atoms with Gasteiger partial charge in [0.05, 0.1) is 11.0 Å². The van der Waals surface area contributed by atoms with Gasteiger partial charge in [0.25, 0.3) is 0 Å². The van der Waals surface area contributed by atoms with Gasteiger partial charge in [0.15, 0.2) is 0 Å². The summed E-state index contributed by atoms with van der Waals surface area (Å²) in [6, 6.07) is 16.0. The van der Waals surface area contributed by atoms with E-state index in [0.717, 1.165) is 27.5 Å². The number of anilines is 1. The highest BCUT2D eigenvalue weighted by molar-refractivity contribution is 6.17. The minimum atomic E-state index is -1.40. The lowest BCUT2D eigenvalue weighted by molar-refractivity contribution is -0.163. The van der Waals surface area contributed by atoms with E-state index in [1.807, 2.05) is 68.1 Å². The molecule has 2 aromatic carbocycles. The highest BCUT2D eigenvalue weighted by Crippen LogP contribution is 2.30. The number of likely N-dealkylation sites (N-methyl/N-ethyl adjacent to an activating group) is 1. The number of hydrogen-bond donors (Lipinski definition) is 2. The van der Waals surface area contributed by atoms with Crippen molar-refractivity contribution in [2.75, 3.05) is 24.5 Å². The Morgan fingerprint density at radius 2 is 1.85 bits per heavy atom. The van der Waals surface area contributed by atoms with Gasteiger partial charge in [-0.05, 0) is 44.3 Å². The molecule has 0 spiro atoms. The fourth-order valence-electron chi connectivity index (χ4n) is 3.46. The highest BCUT2D eigenvalue weighted by atomic mass is 35.5. The molecule has 144 valence electrons. The maximum atomic E-state index is 11.5. The summed E-state index contributed by atoms with van der Waals surface area (Å²) < 4.78 is 5.54. The Labute approximate surface area is 164 Å². The number of aromatic nitrogens is 1. The van der Waals surface area contributed by atoms with Gasteiger partial charge in [0.1, 0.15) is 12.2 Å². The lowest BCUT2D eigenvalue weighted by atomic mass is 10.1. The van der Waals surface area contributed by atoms with Crippen LogP contribution in [0.1, 0.15) is 20.8 Å². The van der Waals surface area contributed by atoms with Crippen LogP contribution in [0.25, 0.3) is 21.8 Å². The van der Waals surface area contributed by atoms with Crippen molar-refractivity contribution in [2.45, 2.75) is 32.7 Å². The van der Waals surface area contributed by atoms with Crippen molar-refractivity contribution in [3.8, 4) is 0 Å². The third-order valence-electron chi connectivity index (χ3n) is 5.00. The quantitative estimate of drug-likeness (QED) is 0.341. The number of nitrogens with one attached hydrogen (secondary N) is 1.